The minimum atomic E-state index is -0.423. The predicted molar refractivity (Wildman–Crippen MR) is 142 cm³/mol. The van der Waals surface area contributed by atoms with Crippen LogP contribution in [0.5, 0.6) is 0 Å². The molecule has 0 aliphatic carbocycles. The van der Waals surface area contributed by atoms with E-state index in [0.717, 1.165) is 21.4 Å². The summed E-state index contributed by atoms with van der Waals surface area (Å²) in [6.45, 7) is 0.232. The van der Waals surface area contributed by atoms with Crippen LogP contribution in [0.3, 0.4) is 0 Å². The lowest BCUT2D eigenvalue weighted by Crippen LogP contribution is -2.37. The third-order valence-corrected chi connectivity index (χ3v) is 6.62. The van der Waals surface area contributed by atoms with E-state index >= 15 is 0 Å². The van der Waals surface area contributed by atoms with Crippen molar-refractivity contribution in [3.8, 4) is 22.5 Å². The van der Waals surface area contributed by atoms with Gasteiger partial charge < -0.3 is 9.88 Å². The van der Waals surface area contributed by atoms with Gasteiger partial charge in [0.1, 0.15) is 5.82 Å². The highest BCUT2D eigenvalue weighted by molar-refractivity contribution is 7.80. The molecule has 5 rings (SSSR count). The molecule has 1 N–H and O–H groups in total. The Bertz CT molecular complexity index is 1610. The van der Waals surface area contributed by atoms with Gasteiger partial charge in [-0.3, -0.25) is 13.9 Å². The summed E-state index contributed by atoms with van der Waals surface area (Å²) >= 11 is 7.33. The third-order valence-electron chi connectivity index (χ3n) is 5.70. The predicted octanol–water partition coefficient (Wildman–Crippen LogP) is 4.27. The summed E-state index contributed by atoms with van der Waals surface area (Å²) < 4.78 is 4.26. The number of nitrogens with one attached hydrogen (secondary N) is 1. The van der Waals surface area contributed by atoms with E-state index in [4.69, 9.17) is 12.2 Å². The molecule has 0 saturated carbocycles. The van der Waals surface area contributed by atoms with Crippen molar-refractivity contribution in [2.24, 2.45) is 14.1 Å². The van der Waals surface area contributed by atoms with Crippen molar-refractivity contribution in [1.29, 1.82) is 0 Å². The van der Waals surface area contributed by atoms with Gasteiger partial charge in [0.2, 0.25) is 0 Å². The zero-order chi connectivity index (χ0) is 23.8. The van der Waals surface area contributed by atoms with Crippen LogP contribution in [-0.2, 0) is 20.6 Å². The number of hydrogen-bond acceptors (Lipinski definition) is 5. The molecule has 9 heteroatoms. The van der Waals surface area contributed by atoms with Gasteiger partial charge in [0.25, 0.3) is 5.56 Å². The van der Waals surface area contributed by atoms with Crippen LogP contribution in [0.1, 0.15) is 0 Å². The smallest absolute Gasteiger partial charge is 0.332 e. The number of thiophene rings is 1. The molecule has 3 aromatic heterocycles. The molecule has 0 spiro atoms. The normalized spacial score (nSPS) is 11.1. The van der Waals surface area contributed by atoms with Crippen LogP contribution in [0.25, 0.3) is 33.7 Å². The molecule has 34 heavy (non-hydrogen) atoms. The van der Waals surface area contributed by atoms with Crippen molar-refractivity contribution in [2.45, 2.75) is 6.54 Å². The molecule has 0 aliphatic rings. The van der Waals surface area contributed by atoms with Crippen molar-refractivity contribution in [3.63, 3.8) is 0 Å². The minimum absolute atomic E-state index is 0.232. The Morgan fingerprint density at radius 2 is 1.68 bits per heavy atom. The largest absolute Gasteiger partial charge is 0.349 e. The number of imidazole rings is 1. The summed E-state index contributed by atoms with van der Waals surface area (Å²) in [5, 5.41) is 7.42. The number of nitrogens with zero attached hydrogens (tertiary/aromatic N) is 4. The molecule has 0 saturated heterocycles. The first kappa shape index (κ1) is 22.0. The fourth-order valence-corrected chi connectivity index (χ4v) is 4.84. The molecule has 0 bridgehead atoms. The lowest BCUT2D eigenvalue weighted by Gasteiger charge is -2.13. The first-order valence-electron chi connectivity index (χ1n) is 10.6. The molecular weight excluding hydrogens is 466 g/mol. The molecule has 170 valence electrons. The Kier molecular flexibility index (Phi) is 5.72. The monoisotopic (exact) mass is 487 g/mol. The number of benzene rings is 2. The second kappa shape index (κ2) is 8.85. The summed E-state index contributed by atoms with van der Waals surface area (Å²) in [6, 6.07) is 19.7. The number of fused-ring (bicyclic) bond motifs is 1. The second-order valence-electron chi connectivity index (χ2n) is 7.90. The molecule has 0 aliphatic heterocycles. The Balaban J connectivity index is 1.53. The van der Waals surface area contributed by atoms with Crippen LogP contribution in [0.4, 0.5) is 5.69 Å². The molecule has 0 fully saturated rings. The van der Waals surface area contributed by atoms with Gasteiger partial charge in [-0.15, -0.1) is 0 Å². The van der Waals surface area contributed by atoms with E-state index < -0.39 is 11.2 Å². The molecule has 3 heterocycles. The molecule has 0 amide bonds. The van der Waals surface area contributed by atoms with Crippen molar-refractivity contribution in [1.82, 2.24) is 18.7 Å². The zero-order valence-corrected chi connectivity index (χ0v) is 20.2. The van der Waals surface area contributed by atoms with Gasteiger partial charge in [-0.1, -0.05) is 54.7 Å². The van der Waals surface area contributed by atoms with Crippen LogP contribution in [0.15, 0.2) is 81.0 Å². The van der Waals surface area contributed by atoms with Gasteiger partial charge in [-0.2, -0.15) is 11.3 Å². The SMILES string of the molecule is Cn1c(=O)c2c(nc(-c3ccccc3)n2CC(=S)Nc2ccc(-c3ccsc3)cc2)n(C)c1=O. The number of hydrogen-bond donors (Lipinski definition) is 1. The van der Waals surface area contributed by atoms with Crippen LogP contribution in [0, 0.1) is 0 Å². The third kappa shape index (κ3) is 3.89. The van der Waals surface area contributed by atoms with Gasteiger partial charge >= 0.3 is 5.69 Å². The van der Waals surface area contributed by atoms with Crippen molar-refractivity contribution < 1.29 is 0 Å². The summed E-state index contributed by atoms with van der Waals surface area (Å²) in [7, 11) is 3.08. The Hall–Kier alpha value is -3.82. The van der Waals surface area contributed by atoms with Crippen LogP contribution in [0.2, 0.25) is 0 Å². The van der Waals surface area contributed by atoms with E-state index in [1.54, 1.807) is 23.0 Å². The van der Waals surface area contributed by atoms with E-state index in [9.17, 15) is 9.59 Å². The molecule has 0 radical (unpaired) electrons. The first-order valence-corrected chi connectivity index (χ1v) is 11.9. The van der Waals surface area contributed by atoms with Gasteiger partial charge in [0.15, 0.2) is 11.2 Å². The van der Waals surface area contributed by atoms with E-state index in [-0.39, 0.29) is 6.54 Å². The van der Waals surface area contributed by atoms with Crippen molar-refractivity contribution in [2.75, 3.05) is 5.32 Å². The number of anilines is 1. The molecule has 0 atom stereocenters. The van der Waals surface area contributed by atoms with Gasteiger partial charge in [-0.05, 0) is 40.1 Å². The average molecular weight is 488 g/mol. The number of aromatic nitrogens is 4. The van der Waals surface area contributed by atoms with Crippen molar-refractivity contribution >= 4 is 45.4 Å². The Morgan fingerprint density at radius 1 is 0.941 bits per heavy atom. The summed E-state index contributed by atoms with van der Waals surface area (Å²) in [5.41, 5.74) is 3.83. The van der Waals surface area contributed by atoms with Crippen molar-refractivity contribution in [3.05, 3.63) is 92.3 Å². The van der Waals surface area contributed by atoms with E-state index in [1.807, 2.05) is 54.6 Å². The number of aryl methyl sites for hydroxylation is 1. The molecule has 7 nitrogen and oxygen atoms in total. The standard InChI is InChI=1S/C25H21N5O2S2/c1-28-23-21(24(31)29(2)25(28)32)30(22(27-23)17-6-4-3-5-7-17)14-20(33)26-19-10-8-16(9-11-19)18-12-13-34-15-18/h3-13,15H,14H2,1-2H3,(H,26,33). The number of rotatable bonds is 5. The van der Waals surface area contributed by atoms with E-state index in [0.29, 0.717) is 22.0 Å². The minimum Gasteiger partial charge on any atom is -0.349 e. The quantitative estimate of drug-likeness (QED) is 0.375. The molecule has 2 aromatic carbocycles. The van der Waals surface area contributed by atoms with Crippen LogP contribution >= 0.6 is 23.6 Å². The average Bonchev–Trinajstić information content (AvgIpc) is 3.51. The molecule has 0 unspecified atom stereocenters. The maximum absolute atomic E-state index is 13.1. The highest BCUT2D eigenvalue weighted by atomic mass is 32.1. The lowest BCUT2D eigenvalue weighted by atomic mass is 10.1. The molecule has 5 aromatic rings. The van der Waals surface area contributed by atoms with Crippen LogP contribution in [-0.4, -0.2) is 23.7 Å². The van der Waals surface area contributed by atoms with E-state index in [2.05, 4.69) is 27.1 Å². The summed E-state index contributed by atoms with van der Waals surface area (Å²) in [5.74, 6) is 0.575. The van der Waals surface area contributed by atoms with E-state index in [1.165, 1.54) is 17.2 Å². The maximum Gasteiger partial charge on any atom is 0.332 e. The zero-order valence-electron chi connectivity index (χ0n) is 18.6. The van der Waals surface area contributed by atoms with Gasteiger partial charge in [0, 0.05) is 25.3 Å². The van der Waals surface area contributed by atoms with Gasteiger partial charge in [0.05, 0.1) is 11.5 Å². The summed E-state index contributed by atoms with van der Waals surface area (Å²) in [6.07, 6.45) is 0. The fourth-order valence-electron chi connectivity index (χ4n) is 3.93. The highest BCUT2D eigenvalue weighted by Gasteiger charge is 2.20. The highest BCUT2D eigenvalue weighted by Crippen LogP contribution is 2.25. The number of thiocarbonyl (C=S) groups is 1. The van der Waals surface area contributed by atoms with Crippen LogP contribution < -0.4 is 16.6 Å². The van der Waals surface area contributed by atoms with Gasteiger partial charge in [-0.25, -0.2) is 9.78 Å². The topological polar surface area (TPSA) is 73.8 Å². The Labute approximate surface area is 204 Å². The maximum atomic E-state index is 13.1. The lowest BCUT2D eigenvalue weighted by molar-refractivity contribution is 0.704. The second-order valence-corrected chi connectivity index (χ2v) is 9.18. The first-order chi connectivity index (χ1) is 16.4. The molecular formula is C25H21N5O2S2. The Morgan fingerprint density at radius 3 is 2.35 bits per heavy atom. The fraction of sp³-hybridized carbons (Fsp3) is 0.120. The summed E-state index contributed by atoms with van der Waals surface area (Å²) in [4.78, 5) is 30.8.